The van der Waals surface area contributed by atoms with E-state index in [0.29, 0.717) is 6.42 Å². The number of ketones is 2. The molecule has 0 saturated carbocycles. The summed E-state index contributed by atoms with van der Waals surface area (Å²) >= 11 is 0. The molecule has 2 N–H and O–H groups in total. The summed E-state index contributed by atoms with van der Waals surface area (Å²) in [4.78, 5) is 43.6. The quantitative estimate of drug-likeness (QED) is 0.657. The molecule has 2 amide bonds. The van der Waals surface area contributed by atoms with Gasteiger partial charge in [-0.3, -0.25) is 24.5 Å². The van der Waals surface area contributed by atoms with Crippen LogP contribution in [0.4, 0.5) is 0 Å². The number of amides is 2. The van der Waals surface area contributed by atoms with Crippen LogP contribution >= 0.6 is 0 Å². The van der Waals surface area contributed by atoms with Crippen molar-refractivity contribution in [3.63, 3.8) is 0 Å². The third-order valence-corrected chi connectivity index (χ3v) is 3.62. The maximum atomic E-state index is 11.1. The Bertz CT molecular complexity index is 636. The normalized spacial score (nSPS) is 16.9. The van der Waals surface area contributed by atoms with Crippen molar-refractivity contribution in [1.82, 2.24) is 5.32 Å². The minimum absolute atomic E-state index is 0.0673. The standard InChI is InChI=1S/C10H10O3.C7H11NO2/c1-6(11)8-4-3-5-9(13)10(8)7(2)12;1-2-5-3-4-6(9)8-7(5)10/h3-5,13H,1-2H3;5H,2-4H2,1H3,(H,8,9,10). The average molecular weight is 319 g/mol. The molecule has 1 atom stereocenters. The van der Waals surface area contributed by atoms with Crippen molar-refractivity contribution in [1.29, 1.82) is 0 Å². The zero-order valence-electron chi connectivity index (χ0n) is 13.5. The van der Waals surface area contributed by atoms with Gasteiger partial charge in [-0.05, 0) is 32.8 Å². The number of benzene rings is 1. The number of rotatable bonds is 3. The first-order valence-electron chi connectivity index (χ1n) is 7.45. The van der Waals surface area contributed by atoms with Crippen LogP contribution in [0.3, 0.4) is 0 Å². The maximum Gasteiger partial charge on any atom is 0.229 e. The van der Waals surface area contributed by atoms with E-state index in [1.807, 2.05) is 6.92 Å². The van der Waals surface area contributed by atoms with Crippen molar-refractivity contribution in [2.24, 2.45) is 5.92 Å². The van der Waals surface area contributed by atoms with Crippen LogP contribution in [0.5, 0.6) is 5.75 Å². The van der Waals surface area contributed by atoms with Gasteiger partial charge in [-0.1, -0.05) is 19.1 Å². The fourth-order valence-corrected chi connectivity index (χ4v) is 2.33. The number of Topliss-reactive ketones (excluding diaryl/α,β-unsaturated/α-hetero) is 2. The minimum Gasteiger partial charge on any atom is -0.507 e. The zero-order chi connectivity index (χ0) is 17.6. The van der Waals surface area contributed by atoms with Crippen molar-refractivity contribution in [3.05, 3.63) is 29.3 Å². The van der Waals surface area contributed by atoms with Gasteiger partial charge in [0.05, 0.1) is 5.56 Å². The fourth-order valence-electron chi connectivity index (χ4n) is 2.33. The third kappa shape index (κ3) is 5.02. The van der Waals surface area contributed by atoms with Gasteiger partial charge in [0.1, 0.15) is 5.75 Å². The number of nitrogens with one attached hydrogen (secondary N) is 1. The van der Waals surface area contributed by atoms with Crippen molar-refractivity contribution in [2.45, 2.75) is 40.0 Å². The lowest BCUT2D eigenvalue weighted by molar-refractivity contribution is -0.136. The van der Waals surface area contributed by atoms with E-state index < -0.39 is 0 Å². The first kappa shape index (κ1) is 18.5. The van der Waals surface area contributed by atoms with E-state index in [9.17, 15) is 24.3 Å². The number of aromatic hydroxyl groups is 1. The van der Waals surface area contributed by atoms with Gasteiger partial charge in [0, 0.05) is 17.9 Å². The molecule has 6 nitrogen and oxygen atoms in total. The predicted octanol–water partition coefficient (Wildman–Crippen LogP) is 2.25. The molecule has 1 aliphatic heterocycles. The highest BCUT2D eigenvalue weighted by Gasteiger charge is 2.24. The van der Waals surface area contributed by atoms with Crippen LogP contribution in [-0.2, 0) is 9.59 Å². The lowest BCUT2D eigenvalue weighted by Crippen LogP contribution is -2.40. The summed E-state index contributed by atoms with van der Waals surface area (Å²) in [5, 5.41) is 11.6. The molecular weight excluding hydrogens is 298 g/mol. The Kier molecular flexibility index (Phi) is 6.63. The van der Waals surface area contributed by atoms with E-state index in [0.717, 1.165) is 12.8 Å². The van der Waals surface area contributed by atoms with Gasteiger partial charge in [-0.15, -0.1) is 0 Å². The van der Waals surface area contributed by atoms with Gasteiger partial charge < -0.3 is 5.11 Å². The Hall–Kier alpha value is -2.50. The second kappa shape index (κ2) is 8.22. The summed E-state index contributed by atoms with van der Waals surface area (Å²) in [6.07, 6.45) is 2.06. The van der Waals surface area contributed by atoms with Crippen LogP contribution < -0.4 is 5.32 Å². The Balaban J connectivity index is 0.000000238. The molecule has 0 radical (unpaired) electrons. The first-order chi connectivity index (χ1) is 10.8. The van der Waals surface area contributed by atoms with Gasteiger partial charge in [0.25, 0.3) is 0 Å². The number of carbonyl (C=O) groups is 4. The summed E-state index contributed by atoms with van der Waals surface area (Å²) in [6, 6.07) is 4.46. The highest BCUT2D eigenvalue weighted by atomic mass is 16.3. The second-order valence-corrected chi connectivity index (χ2v) is 5.37. The van der Waals surface area contributed by atoms with Crippen LogP contribution in [0.15, 0.2) is 18.2 Å². The van der Waals surface area contributed by atoms with Crippen molar-refractivity contribution in [2.75, 3.05) is 0 Å². The molecule has 1 aromatic carbocycles. The molecule has 1 unspecified atom stereocenters. The van der Waals surface area contributed by atoms with Crippen LogP contribution in [-0.4, -0.2) is 28.5 Å². The van der Waals surface area contributed by atoms with E-state index >= 15 is 0 Å². The van der Waals surface area contributed by atoms with Crippen molar-refractivity contribution >= 4 is 23.4 Å². The Morgan fingerprint density at radius 3 is 2.30 bits per heavy atom. The van der Waals surface area contributed by atoms with Crippen molar-refractivity contribution in [3.8, 4) is 5.75 Å². The second-order valence-electron chi connectivity index (χ2n) is 5.37. The molecule has 1 fully saturated rings. The summed E-state index contributed by atoms with van der Waals surface area (Å²) in [5.41, 5.74) is 0.377. The highest BCUT2D eigenvalue weighted by molar-refractivity contribution is 6.08. The third-order valence-electron chi connectivity index (χ3n) is 3.62. The molecule has 0 aliphatic carbocycles. The van der Waals surface area contributed by atoms with Gasteiger partial charge in [0.2, 0.25) is 11.8 Å². The van der Waals surface area contributed by atoms with Crippen LogP contribution in [0, 0.1) is 5.92 Å². The lowest BCUT2D eigenvalue weighted by Gasteiger charge is -2.18. The summed E-state index contributed by atoms with van der Waals surface area (Å²) in [5.74, 6) is -0.823. The number of hydrogen-bond donors (Lipinski definition) is 2. The first-order valence-corrected chi connectivity index (χ1v) is 7.45. The molecule has 6 heteroatoms. The molecule has 1 aliphatic rings. The largest absolute Gasteiger partial charge is 0.507 e. The molecule has 2 rings (SSSR count). The topological polar surface area (TPSA) is 101 Å². The number of carbonyl (C=O) groups excluding carboxylic acids is 4. The number of piperidine rings is 1. The molecule has 0 aromatic heterocycles. The summed E-state index contributed by atoms with van der Waals surface area (Å²) in [6.45, 7) is 4.64. The average Bonchev–Trinajstić information content (AvgIpc) is 2.47. The number of phenols is 1. The predicted molar refractivity (Wildman–Crippen MR) is 84.3 cm³/mol. The van der Waals surface area contributed by atoms with Gasteiger partial charge in [0.15, 0.2) is 11.6 Å². The van der Waals surface area contributed by atoms with Gasteiger partial charge >= 0.3 is 0 Å². The van der Waals surface area contributed by atoms with E-state index in [2.05, 4.69) is 5.32 Å². The van der Waals surface area contributed by atoms with E-state index in [4.69, 9.17) is 0 Å². The number of hydrogen-bond acceptors (Lipinski definition) is 5. The van der Waals surface area contributed by atoms with Crippen LogP contribution in [0.1, 0.15) is 60.7 Å². The van der Waals surface area contributed by atoms with Crippen molar-refractivity contribution < 1.29 is 24.3 Å². The molecule has 0 bridgehead atoms. The Morgan fingerprint density at radius 1 is 1.22 bits per heavy atom. The summed E-state index contributed by atoms with van der Waals surface area (Å²) < 4.78 is 0. The molecule has 23 heavy (non-hydrogen) atoms. The Labute approximate surface area is 134 Å². The van der Waals surface area contributed by atoms with Crippen LogP contribution in [0.25, 0.3) is 0 Å². The SMILES string of the molecule is CC(=O)c1cccc(O)c1C(C)=O.CCC1CCC(=O)NC1=O. The van der Waals surface area contributed by atoms with Gasteiger partial charge in [-0.2, -0.15) is 0 Å². The van der Waals surface area contributed by atoms with E-state index in [1.165, 1.54) is 26.0 Å². The molecule has 1 aromatic rings. The number of phenolic OH excluding ortho intramolecular Hbond substituents is 1. The molecule has 124 valence electrons. The molecule has 1 saturated heterocycles. The summed E-state index contributed by atoms with van der Waals surface area (Å²) in [7, 11) is 0. The Morgan fingerprint density at radius 2 is 1.87 bits per heavy atom. The maximum absolute atomic E-state index is 11.1. The smallest absolute Gasteiger partial charge is 0.229 e. The van der Waals surface area contributed by atoms with E-state index in [-0.39, 0.29) is 46.2 Å². The van der Waals surface area contributed by atoms with E-state index in [1.54, 1.807) is 6.07 Å². The monoisotopic (exact) mass is 319 g/mol. The molecular formula is C17H21NO5. The number of imide groups is 1. The minimum atomic E-state index is -0.302. The van der Waals surface area contributed by atoms with Crippen LogP contribution in [0.2, 0.25) is 0 Å². The van der Waals surface area contributed by atoms with Gasteiger partial charge in [-0.25, -0.2) is 0 Å². The zero-order valence-corrected chi connectivity index (χ0v) is 13.5. The highest BCUT2D eigenvalue weighted by Crippen LogP contribution is 2.21. The fraction of sp³-hybridized carbons (Fsp3) is 0.412. The molecule has 1 heterocycles. The lowest BCUT2D eigenvalue weighted by atomic mass is 9.96. The molecule has 0 spiro atoms.